The maximum Gasteiger partial charge on any atom is 0.264 e. The molecule has 4 rings (SSSR count). The van der Waals surface area contributed by atoms with Crippen LogP contribution < -0.4 is 11.1 Å². The number of halogens is 1. The number of nitrogens with two attached hydrogens (primary N) is 1. The average molecular weight is 459 g/mol. The van der Waals surface area contributed by atoms with Gasteiger partial charge < -0.3 is 20.9 Å². The molecule has 1 aliphatic carbocycles. The van der Waals surface area contributed by atoms with Crippen LogP contribution in [0.1, 0.15) is 40.9 Å². The van der Waals surface area contributed by atoms with Gasteiger partial charge in [0.2, 0.25) is 5.91 Å². The molecule has 1 aromatic carbocycles. The summed E-state index contributed by atoms with van der Waals surface area (Å²) in [5, 5.41) is 4.91. The van der Waals surface area contributed by atoms with Gasteiger partial charge in [-0.2, -0.15) is 0 Å². The quantitative estimate of drug-likeness (QED) is 0.718. The summed E-state index contributed by atoms with van der Waals surface area (Å²) in [4.78, 5) is 43.3. The summed E-state index contributed by atoms with van der Waals surface area (Å²) >= 11 is 1.47. The summed E-state index contributed by atoms with van der Waals surface area (Å²) in [7, 11) is 0. The highest BCUT2D eigenvalue weighted by Crippen LogP contribution is 2.23. The van der Waals surface area contributed by atoms with Crippen LogP contribution in [-0.4, -0.2) is 58.9 Å². The third-order valence-electron chi connectivity index (χ3n) is 6.08. The molecule has 3 amide bonds. The molecule has 1 saturated carbocycles. The second-order valence-electron chi connectivity index (χ2n) is 8.35. The molecule has 1 atom stereocenters. The molecule has 0 radical (unpaired) electrons. The van der Waals surface area contributed by atoms with E-state index in [2.05, 4.69) is 5.32 Å². The monoisotopic (exact) mass is 458 g/mol. The highest BCUT2D eigenvalue weighted by Gasteiger charge is 2.43. The van der Waals surface area contributed by atoms with E-state index in [1.807, 2.05) is 17.5 Å². The van der Waals surface area contributed by atoms with Crippen molar-refractivity contribution in [3.63, 3.8) is 0 Å². The molecule has 0 spiro atoms. The Morgan fingerprint density at radius 2 is 1.81 bits per heavy atom. The van der Waals surface area contributed by atoms with Crippen LogP contribution in [0.4, 0.5) is 4.39 Å². The van der Waals surface area contributed by atoms with Crippen LogP contribution in [0.2, 0.25) is 0 Å². The smallest absolute Gasteiger partial charge is 0.264 e. The summed E-state index contributed by atoms with van der Waals surface area (Å²) in [6, 6.07) is 9.22. The van der Waals surface area contributed by atoms with Gasteiger partial charge in [0.1, 0.15) is 5.82 Å². The lowest BCUT2D eigenvalue weighted by molar-refractivity contribution is -0.141. The van der Waals surface area contributed by atoms with E-state index in [9.17, 15) is 18.8 Å². The van der Waals surface area contributed by atoms with Gasteiger partial charge in [-0.15, -0.1) is 11.3 Å². The van der Waals surface area contributed by atoms with Gasteiger partial charge >= 0.3 is 0 Å². The van der Waals surface area contributed by atoms with Crippen molar-refractivity contribution in [3.05, 3.63) is 58.0 Å². The molecular formula is C23H27FN4O3S. The Bertz CT molecular complexity index is 975. The van der Waals surface area contributed by atoms with Crippen LogP contribution in [0.15, 0.2) is 41.8 Å². The van der Waals surface area contributed by atoms with Crippen molar-refractivity contribution in [2.75, 3.05) is 13.1 Å². The summed E-state index contributed by atoms with van der Waals surface area (Å²) in [5.41, 5.74) is 6.12. The number of nitrogens with one attached hydrogen (secondary N) is 1. The molecule has 1 aliphatic heterocycles. The van der Waals surface area contributed by atoms with Crippen molar-refractivity contribution in [1.29, 1.82) is 0 Å². The fourth-order valence-electron chi connectivity index (χ4n) is 4.38. The van der Waals surface area contributed by atoms with Crippen molar-refractivity contribution >= 4 is 29.1 Å². The molecule has 2 fully saturated rings. The van der Waals surface area contributed by atoms with Gasteiger partial charge in [0, 0.05) is 35.6 Å². The number of hydrogen-bond donors (Lipinski definition) is 2. The second kappa shape index (κ2) is 9.79. The van der Waals surface area contributed by atoms with Crippen LogP contribution in [0.3, 0.4) is 0 Å². The lowest BCUT2D eigenvalue weighted by Crippen LogP contribution is -2.56. The van der Waals surface area contributed by atoms with E-state index < -0.39 is 17.9 Å². The van der Waals surface area contributed by atoms with Crippen LogP contribution in [0.25, 0.3) is 0 Å². The van der Waals surface area contributed by atoms with Crippen molar-refractivity contribution in [3.8, 4) is 0 Å². The average Bonchev–Trinajstić information content (AvgIpc) is 3.44. The van der Waals surface area contributed by atoms with Crippen LogP contribution in [0.5, 0.6) is 0 Å². The van der Waals surface area contributed by atoms with Crippen molar-refractivity contribution < 1.29 is 18.8 Å². The minimum Gasteiger partial charge on any atom is -0.350 e. The maximum atomic E-state index is 13.7. The van der Waals surface area contributed by atoms with E-state index in [1.165, 1.54) is 39.3 Å². The first-order valence-electron chi connectivity index (χ1n) is 10.9. The minimum absolute atomic E-state index is 0.0386. The normalized spacial score (nSPS) is 23.2. The van der Waals surface area contributed by atoms with Crippen molar-refractivity contribution in [2.45, 2.75) is 50.4 Å². The van der Waals surface area contributed by atoms with Crippen LogP contribution >= 0.6 is 11.3 Å². The summed E-state index contributed by atoms with van der Waals surface area (Å²) in [6.45, 7) is 0.456. The predicted octanol–water partition coefficient (Wildman–Crippen LogP) is 2.13. The van der Waals surface area contributed by atoms with Gasteiger partial charge in [-0.25, -0.2) is 4.39 Å². The Kier molecular flexibility index (Phi) is 6.86. The molecule has 1 aromatic heterocycles. The molecule has 2 heterocycles. The standard InChI is InChI=1S/C23H27FN4O3S/c24-16-4-1-3-15(13-16)23(31)28-11-10-27(20(29)14-19-5-2-12-32-19)22(28)21(30)26-18-8-6-17(25)7-9-18/h1-5,12-13,17-18,22H,6-11,14,25H2,(H,26,30). The predicted molar refractivity (Wildman–Crippen MR) is 119 cm³/mol. The lowest BCUT2D eigenvalue weighted by atomic mass is 9.92. The zero-order chi connectivity index (χ0) is 22.7. The van der Waals surface area contributed by atoms with Crippen LogP contribution in [-0.2, 0) is 16.0 Å². The number of thiophene rings is 1. The molecule has 9 heteroatoms. The van der Waals surface area contributed by atoms with E-state index in [0.717, 1.165) is 36.6 Å². The largest absolute Gasteiger partial charge is 0.350 e. The Balaban J connectivity index is 1.55. The Labute approximate surface area is 190 Å². The van der Waals surface area contributed by atoms with E-state index in [0.29, 0.717) is 0 Å². The van der Waals surface area contributed by atoms with E-state index in [-0.39, 0.29) is 49.0 Å². The summed E-state index contributed by atoms with van der Waals surface area (Å²) in [5.74, 6) is -1.60. The molecule has 2 aliphatic rings. The molecule has 32 heavy (non-hydrogen) atoms. The van der Waals surface area contributed by atoms with Gasteiger partial charge in [0.25, 0.3) is 11.8 Å². The fourth-order valence-corrected chi connectivity index (χ4v) is 5.07. The van der Waals surface area contributed by atoms with Gasteiger partial charge in [-0.1, -0.05) is 12.1 Å². The summed E-state index contributed by atoms with van der Waals surface area (Å²) < 4.78 is 13.7. The van der Waals surface area contributed by atoms with Gasteiger partial charge in [0.15, 0.2) is 6.17 Å². The first-order valence-corrected chi connectivity index (χ1v) is 11.7. The Morgan fingerprint density at radius 3 is 2.50 bits per heavy atom. The molecule has 170 valence electrons. The SMILES string of the molecule is NC1CCC(NC(=O)C2N(C(=O)Cc3cccs3)CCN2C(=O)c2cccc(F)c2)CC1. The Morgan fingerprint density at radius 1 is 1.06 bits per heavy atom. The third kappa shape index (κ3) is 4.99. The number of nitrogens with zero attached hydrogens (tertiary/aromatic N) is 2. The van der Waals surface area contributed by atoms with E-state index >= 15 is 0 Å². The minimum atomic E-state index is -1.06. The fraction of sp³-hybridized carbons (Fsp3) is 0.435. The number of hydrogen-bond acceptors (Lipinski definition) is 5. The van der Waals surface area contributed by atoms with E-state index in [4.69, 9.17) is 5.73 Å². The van der Waals surface area contributed by atoms with Crippen molar-refractivity contribution in [2.24, 2.45) is 5.73 Å². The maximum absolute atomic E-state index is 13.7. The first kappa shape index (κ1) is 22.4. The number of carbonyl (C=O) groups excluding carboxylic acids is 3. The highest BCUT2D eigenvalue weighted by atomic mass is 32.1. The molecular weight excluding hydrogens is 431 g/mol. The molecule has 7 nitrogen and oxygen atoms in total. The third-order valence-corrected chi connectivity index (χ3v) is 6.96. The topological polar surface area (TPSA) is 95.7 Å². The van der Waals surface area contributed by atoms with Crippen molar-refractivity contribution in [1.82, 2.24) is 15.1 Å². The highest BCUT2D eigenvalue weighted by molar-refractivity contribution is 7.10. The zero-order valence-electron chi connectivity index (χ0n) is 17.7. The molecule has 1 unspecified atom stereocenters. The first-order chi connectivity index (χ1) is 15.4. The molecule has 3 N–H and O–H groups in total. The van der Waals surface area contributed by atoms with Gasteiger partial charge in [-0.3, -0.25) is 14.4 Å². The second-order valence-corrected chi connectivity index (χ2v) is 9.38. The van der Waals surface area contributed by atoms with E-state index in [1.54, 1.807) is 0 Å². The van der Waals surface area contributed by atoms with Crippen LogP contribution in [0, 0.1) is 5.82 Å². The number of benzene rings is 1. The summed E-state index contributed by atoms with van der Waals surface area (Å²) in [6.07, 6.45) is 2.28. The number of carbonyl (C=O) groups is 3. The molecule has 2 aromatic rings. The zero-order valence-corrected chi connectivity index (χ0v) is 18.5. The number of amides is 3. The molecule has 1 saturated heterocycles. The van der Waals surface area contributed by atoms with Gasteiger partial charge in [0.05, 0.1) is 6.42 Å². The molecule has 0 bridgehead atoms. The lowest BCUT2D eigenvalue weighted by Gasteiger charge is -2.32. The van der Waals surface area contributed by atoms with Gasteiger partial charge in [-0.05, 0) is 55.3 Å². The number of rotatable bonds is 5. The Hall–Kier alpha value is -2.78.